The van der Waals surface area contributed by atoms with Gasteiger partial charge in [-0.3, -0.25) is 0 Å². The Labute approximate surface area is 93.0 Å². The molecule has 0 aromatic carbocycles. The van der Waals surface area contributed by atoms with Gasteiger partial charge in [0.25, 0.3) is 6.43 Å². The van der Waals surface area contributed by atoms with Crippen LogP contribution in [0.2, 0.25) is 5.02 Å². The minimum atomic E-state index is -2.90. The molecule has 15 heavy (non-hydrogen) atoms. The van der Waals surface area contributed by atoms with Crippen LogP contribution in [0, 0.1) is 10.1 Å². The number of aromatic nitrogens is 1. The minimum absolute atomic E-state index is 0.122. The maximum absolute atomic E-state index is 12.4. The molecule has 1 heterocycles. The highest BCUT2D eigenvalue weighted by atomic mass is 35.5. The number of hydrogen-bond acceptors (Lipinski definition) is 3. The third-order valence-electron chi connectivity index (χ3n) is 1.59. The largest absolute Gasteiger partial charge is 0.364 e. The fraction of sp³-hybridized carbons (Fsp3) is 0.286. The summed E-state index contributed by atoms with van der Waals surface area (Å²) in [5, 5.41) is 10.0. The van der Waals surface area contributed by atoms with Gasteiger partial charge in [0.1, 0.15) is 0 Å². The van der Waals surface area contributed by atoms with E-state index in [1.807, 2.05) is 0 Å². The molecule has 0 aliphatic heterocycles. The highest BCUT2D eigenvalue weighted by Crippen LogP contribution is 2.32. The normalized spacial score (nSPS) is 10.7. The van der Waals surface area contributed by atoms with Crippen LogP contribution in [-0.4, -0.2) is 9.91 Å². The van der Waals surface area contributed by atoms with Gasteiger partial charge in [-0.25, -0.2) is 8.78 Å². The molecule has 1 rings (SSSR count). The molecule has 82 valence electrons. The number of alkyl halides is 3. The molecule has 0 saturated carbocycles. The second-order valence-corrected chi connectivity index (χ2v) is 3.17. The number of rotatable bonds is 3. The zero-order valence-electron chi connectivity index (χ0n) is 7.08. The quantitative estimate of drug-likeness (QED) is 0.474. The molecule has 0 aliphatic rings. The van der Waals surface area contributed by atoms with Gasteiger partial charge in [-0.1, -0.05) is 11.6 Å². The van der Waals surface area contributed by atoms with Gasteiger partial charge in [-0.05, 0) is 9.91 Å². The van der Waals surface area contributed by atoms with E-state index in [4.69, 9.17) is 23.2 Å². The smallest absolute Gasteiger partial charge is 0.358 e. The molecule has 1 aromatic rings. The van der Waals surface area contributed by atoms with E-state index >= 15 is 0 Å². The van der Waals surface area contributed by atoms with Crippen LogP contribution < -0.4 is 0 Å². The Kier molecular flexibility index (Phi) is 3.76. The number of nitrogens with zero attached hydrogens (tertiary/aromatic N) is 2. The monoisotopic (exact) mass is 256 g/mol. The number of nitro groups is 1. The zero-order valence-corrected chi connectivity index (χ0v) is 8.60. The molecule has 0 aliphatic carbocycles. The Balaban J connectivity index is 3.38. The second-order valence-electron chi connectivity index (χ2n) is 2.52. The van der Waals surface area contributed by atoms with Crippen molar-refractivity contribution in [3.8, 4) is 0 Å². The lowest BCUT2D eigenvalue weighted by atomic mass is 10.2. The fourth-order valence-corrected chi connectivity index (χ4v) is 1.44. The fourth-order valence-electron chi connectivity index (χ4n) is 0.930. The molecule has 0 radical (unpaired) electrons. The highest BCUT2D eigenvalue weighted by molar-refractivity contribution is 6.32. The van der Waals surface area contributed by atoms with Gasteiger partial charge in [0.15, 0.2) is 5.69 Å². The van der Waals surface area contributed by atoms with Crippen LogP contribution in [0.5, 0.6) is 0 Å². The summed E-state index contributed by atoms with van der Waals surface area (Å²) >= 11 is 10.9. The zero-order chi connectivity index (χ0) is 11.6. The van der Waals surface area contributed by atoms with Crippen LogP contribution in [-0.2, 0) is 5.88 Å². The van der Waals surface area contributed by atoms with Gasteiger partial charge in [0, 0.05) is 11.6 Å². The van der Waals surface area contributed by atoms with E-state index in [0.717, 1.165) is 0 Å². The summed E-state index contributed by atoms with van der Waals surface area (Å²) in [6.45, 7) is 0. The van der Waals surface area contributed by atoms with Crippen molar-refractivity contribution in [3.05, 3.63) is 32.5 Å². The topological polar surface area (TPSA) is 56.0 Å². The van der Waals surface area contributed by atoms with Crippen molar-refractivity contribution in [2.24, 2.45) is 0 Å². The lowest BCUT2D eigenvalue weighted by Gasteiger charge is -2.03. The van der Waals surface area contributed by atoms with E-state index in [2.05, 4.69) is 4.98 Å². The van der Waals surface area contributed by atoms with Crippen LogP contribution in [0.1, 0.15) is 17.7 Å². The predicted molar refractivity (Wildman–Crippen MR) is 50.4 cm³/mol. The van der Waals surface area contributed by atoms with E-state index < -0.39 is 22.7 Å². The molecule has 0 atom stereocenters. The van der Waals surface area contributed by atoms with Crippen molar-refractivity contribution in [3.63, 3.8) is 0 Å². The summed E-state index contributed by atoms with van der Waals surface area (Å²) < 4.78 is 24.8. The number of pyridine rings is 1. The Morgan fingerprint density at radius 2 is 2.20 bits per heavy atom. The Hall–Kier alpha value is -1.01. The van der Waals surface area contributed by atoms with E-state index in [-0.39, 0.29) is 16.6 Å². The molecule has 0 spiro atoms. The van der Waals surface area contributed by atoms with E-state index in [0.29, 0.717) is 6.07 Å². The van der Waals surface area contributed by atoms with E-state index in [1.54, 1.807) is 0 Å². The van der Waals surface area contributed by atoms with Crippen molar-refractivity contribution in [2.75, 3.05) is 0 Å². The second kappa shape index (κ2) is 4.67. The Morgan fingerprint density at radius 1 is 1.60 bits per heavy atom. The van der Waals surface area contributed by atoms with Crippen LogP contribution in [0.25, 0.3) is 0 Å². The Morgan fingerprint density at radius 3 is 2.60 bits per heavy atom. The van der Waals surface area contributed by atoms with Crippen molar-refractivity contribution < 1.29 is 13.7 Å². The maximum Gasteiger partial charge on any atom is 0.364 e. The van der Waals surface area contributed by atoms with Crippen molar-refractivity contribution in [1.29, 1.82) is 0 Å². The van der Waals surface area contributed by atoms with Gasteiger partial charge in [0.2, 0.25) is 0 Å². The third kappa shape index (κ3) is 2.51. The lowest BCUT2D eigenvalue weighted by Crippen LogP contribution is -2.00. The molecular weight excluding hydrogens is 253 g/mol. The standard InChI is InChI=1S/C7H4Cl2F2N2O2/c8-2-4-6(9)3(7(10)11)1-5(12-4)13(14)15/h1,7H,2H2. The lowest BCUT2D eigenvalue weighted by molar-refractivity contribution is -0.389. The molecule has 0 unspecified atom stereocenters. The van der Waals surface area contributed by atoms with E-state index in [1.165, 1.54) is 0 Å². The number of hydrogen-bond donors (Lipinski definition) is 0. The van der Waals surface area contributed by atoms with Gasteiger partial charge >= 0.3 is 5.82 Å². The summed E-state index contributed by atoms with van der Waals surface area (Å²) in [4.78, 5) is 12.9. The third-order valence-corrected chi connectivity index (χ3v) is 2.28. The molecule has 0 amide bonds. The molecular formula is C7H4Cl2F2N2O2. The summed E-state index contributed by atoms with van der Waals surface area (Å²) in [5.74, 6) is -0.953. The first-order chi connectivity index (χ1) is 6.97. The first kappa shape index (κ1) is 12.1. The maximum atomic E-state index is 12.4. The van der Waals surface area contributed by atoms with Crippen LogP contribution in [0.4, 0.5) is 14.6 Å². The first-order valence-corrected chi connectivity index (χ1v) is 4.56. The summed E-state index contributed by atoms with van der Waals surface area (Å²) in [7, 11) is 0. The molecule has 0 fully saturated rings. The van der Waals surface area contributed by atoms with Crippen LogP contribution in [0.3, 0.4) is 0 Å². The number of halogens is 4. The van der Waals surface area contributed by atoms with Gasteiger partial charge in [0.05, 0.1) is 10.9 Å². The van der Waals surface area contributed by atoms with Crippen molar-refractivity contribution >= 4 is 29.0 Å². The predicted octanol–water partition coefficient (Wildman–Crippen LogP) is 3.32. The average molecular weight is 257 g/mol. The summed E-state index contributed by atoms with van der Waals surface area (Å²) in [5.41, 5.74) is -0.753. The summed E-state index contributed by atoms with van der Waals surface area (Å²) in [6, 6.07) is 0.642. The van der Waals surface area contributed by atoms with Crippen molar-refractivity contribution in [1.82, 2.24) is 4.98 Å². The Bertz CT molecular complexity index is 401. The molecule has 8 heteroatoms. The molecule has 0 N–H and O–H groups in total. The molecule has 0 saturated heterocycles. The minimum Gasteiger partial charge on any atom is -0.358 e. The molecule has 0 bridgehead atoms. The summed E-state index contributed by atoms with van der Waals surface area (Å²) in [6.07, 6.45) is -2.90. The SMILES string of the molecule is O=[N+]([O-])c1cc(C(F)F)c(Cl)c(CCl)n1. The van der Waals surface area contributed by atoms with Gasteiger partial charge < -0.3 is 10.1 Å². The van der Waals surface area contributed by atoms with Gasteiger partial charge in [-0.2, -0.15) is 0 Å². The van der Waals surface area contributed by atoms with Gasteiger partial charge in [-0.15, -0.1) is 11.6 Å². The molecule has 1 aromatic heterocycles. The first-order valence-electron chi connectivity index (χ1n) is 3.65. The molecule has 4 nitrogen and oxygen atoms in total. The van der Waals surface area contributed by atoms with Crippen LogP contribution in [0.15, 0.2) is 6.07 Å². The van der Waals surface area contributed by atoms with Crippen molar-refractivity contribution in [2.45, 2.75) is 12.3 Å². The van der Waals surface area contributed by atoms with Crippen LogP contribution >= 0.6 is 23.2 Å². The average Bonchev–Trinajstić information content (AvgIpc) is 2.17. The van der Waals surface area contributed by atoms with E-state index in [9.17, 15) is 18.9 Å². The highest BCUT2D eigenvalue weighted by Gasteiger charge is 2.23.